The smallest absolute Gasteiger partial charge is 0.261 e. The highest BCUT2D eigenvalue weighted by Crippen LogP contribution is 2.25. The lowest BCUT2D eigenvalue weighted by Gasteiger charge is -2.33. The molecular formula is C32H36Cl2N2O3. The highest BCUT2D eigenvalue weighted by Gasteiger charge is 2.32. The van der Waals surface area contributed by atoms with Crippen LogP contribution < -0.4 is 10.1 Å². The molecule has 0 radical (unpaired) electrons. The van der Waals surface area contributed by atoms with Crippen molar-refractivity contribution in [3.05, 3.63) is 99.0 Å². The van der Waals surface area contributed by atoms with Gasteiger partial charge in [-0.2, -0.15) is 0 Å². The number of nitrogens with one attached hydrogen (secondary N) is 1. The predicted octanol–water partition coefficient (Wildman–Crippen LogP) is 7.08. The third-order valence-corrected chi connectivity index (χ3v) is 7.99. The summed E-state index contributed by atoms with van der Waals surface area (Å²) in [5.41, 5.74) is 3.75. The Morgan fingerprint density at radius 3 is 2.38 bits per heavy atom. The number of aryl methyl sites for hydroxylation is 2. The van der Waals surface area contributed by atoms with Gasteiger partial charge in [0.15, 0.2) is 6.61 Å². The molecule has 1 fully saturated rings. The van der Waals surface area contributed by atoms with E-state index in [1.165, 1.54) is 6.42 Å². The number of benzene rings is 3. The molecule has 1 aliphatic carbocycles. The number of carbonyl (C=O) groups excluding carboxylic acids is 2. The van der Waals surface area contributed by atoms with Gasteiger partial charge in [-0.05, 0) is 67.1 Å². The van der Waals surface area contributed by atoms with Crippen LogP contribution >= 0.6 is 23.2 Å². The van der Waals surface area contributed by atoms with Crippen molar-refractivity contribution in [2.75, 3.05) is 6.61 Å². The van der Waals surface area contributed by atoms with Gasteiger partial charge in [0, 0.05) is 19.0 Å². The zero-order chi connectivity index (χ0) is 27.8. The molecule has 0 aliphatic heterocycles. The zero-order valence-electron chi connectivity index (χ0n) is 22.6. The second kappa shape index (κ2) is 13.9. The number of rotatable bonds is 10. The van der Waals surface area contributed by atoms with Crippen LogP contribution in [0.1, 0.15) is 54.4 Å². The Morgan fingerprint density at radius 2 is 1.67 bits per heavy atom. The van der Waals surface area contributed by atoms with E-state index in [-0.39, 0.29) is 31.0 Å². The van der Waals surface area contributed by atoms with Gasteiger partial charge in [-0.1, -0.05) is 91.0 Å². The number of halogens is 2. The van der Waals surface area contributed by atoms with Crippen molar-refractivity contribution in [1.29, 1.82) is 0 Å². The Bertz CT molecular complexity index is 1280. The van der Waals surface area contributed by atoms with Crippen LogP contribution in [0.5, 0.6) is 5.75 Å². The molecule has 39 heavy (non-hydrogen) atoms. The summed E-state index contributed by atoms with van der Waals surface area (Å²) in [7, 11) is 0. The van der Waals surface area contributed by atoms with Crippen LogP contribution in [0.2, 0.25) is 10.0 Å². The topological polar surface area (TPSA) is 58.6 Å². The van der Waals surface area contributed by atoms with Crippen LogP contribution in [0.3, 0.4) is 0 Å². The standard InChI is InChI=1S/C32H36Cl2N2O3/c1-22-13-14-23(2)30(17-22)39-21-31(37)36(20-25-15-16-27(33)28(34)18-25)29(19-24-9-5-3-6-10-24)32(38)35-26-11-7-4-8-12-26/h3,5-6,9-10,13-18,26,29H,4,7-8,11-12,19-21H2,1-2H3,(H,35,38)/t29-/m0/s1. The molecule has 2 amide bonds. The second-order valence-electron chi connectivity index (χ2n) is 10.4. The Hall–Kier alpha value is -3.02. The molecule has 7 heteroatoms. The van der Waals surface area contributed by atoms with Crippen LogP contribution in [0, 0.1) is 13.8 Å². The van der Waals surface area contributed by atoms with E-state index in [1.807, 2.05) is 68.4 Å². The average Bonchev–Trinajstić information content (AvgIpc) is 2.94. The third-order valence-electron chi connectivity index (χ3n) is 7.25. The van der Waals surface area contributed by atoms with Gasteiger partial charge in [-0.3, -0.25) is 9.59 Å². The van der Waals surface area contributed by atoms with Crippen molar-refractivity contribution < 1.29 is 14.3 Å². The lowest BCUT2D eigenvalue weighted by molar-refractivity contribution is -0.143. The Kier molecular flexibility index (Phi) is 10.3. The summed E-state index contributed by atoms with van der Waals surface area (Å²) in [4.78, 5) is 29.3. The van der Waals surface area contributed by atoms with Crippen molar-refractivity contribution in [3.63, 3.8) is 0 Å². The van der Waals surface area contributed by atoms with E-state index in [0.29, 0.717) is 22.2 Å². The average molecular weight is 568 g/mol. The van der Waals surface area contributed by atoms with Gasteiger partial charge in [0.25, 0.3) is 5.91 Å². The Morgan fingerprint density at radius 1 is 0.923 bits per heavy atom. The summed E-state index contributed by atoms with van der Waals surface area (Å²) in [6.45, 7) is 3.94. The fourth-order valence-electron chi connectivity index (χ4n) is 5.02. The van der Waals surface area contributed by atoms with Gasteiger partial charge < -0.3 is 15.0 Å². The minimum absolute atomic E-state index is 0.123. The minimum Gasteiger partial charge on any atom is -0.483 e. The molecule has 0 saturated heterocycles. The van der Waals surface area contributed by atoms with Gasteiger partial charge in [-0.15, -0.1) is 0 Å². The molecule has 0 bridgehead atoms. The van der Waals surface area contributed by atoms with Crippen LogP contribution in [0.4, 0.5) is 0 Å². The molecule has 1 saturated carbocycles. The Balaban J connectivity index is 1.64. The number of hydrogen-bond acceptors (Lipinski definition) is 3. The molecule has 3 aromatic rings. The molecule has 0 heterocycles. The van der Waals surface area contributed by atoms with E-state index in [0.717, 1.165) is 47.9 Å². The highest BCUT2D eigenvalue weighted by molar-refractivity contribution is 6.42. The first-order valence-electron chi connectivity index (χ1n) is 13.6. The van der Waals surface area contributed by atoms with Crippen LogP contribution in [-0.4, -0.2) is 35.4 Å². The molecule has 1 aliphatic rings. The summed E-state index contributed by atoms with van der Waals surface area (Å²) in [6.07, 6.45) is 5.70. The number of ether oxygens (including phenoxy) is 1. The van der Waals surface area contributed by atoms with Crippen molar-refractivity contribution in [2.45, 2.75) is 71.0 Å². The summed E-state index contributed by atoms with van der Waals surface area (Å²) >= 11 is 12.5. The molecule has 1 atom stereocenters. The number of amides is 2. The summed E-state index contributed by atoms with van der Waals surface area (Å²) in [5, 5.41) is 4.09. The summed E-state index contributed by atoms with van der Waals surface area (Å²) in [5.74, 6) is 0.233. The molecule has 1 N–H and O–H groups in total. The van der Waals surface area contributed by atoms with E-state index in [9.17, 15) is 9.59 Å². The summed E-state index contributed by atoms with van der Waals surface area (Å²) < 4.78 is 6.00. The largest absolute Gasteiger partial charge is 0.483 e. The number of nitrogens with zero attached hydrogens (tertiary/aromatic N) is 1. The predicted molar refractivity (Wildman–Crippen MR) is 157 cm³/mol. The molecule has 0 aromatic heterocycles. The first-order chi connectivity index (χ1) is 18.8. The monoisotopic (exact) mass is 566 g/mol. The van der Waals surface area contributed by atoms with Crippen LogP contribution in [0.15, 0.2) is 66.7 Å². The molecular weight excluding hydrogens is 531 g/mol. The van der Waals surface area contributed by atoms with Crippen molar-refractivity contribution in [1.82, 2.24) is 10.2 Å². The summed E-state index contributed by atoms with van der Waals surface area (Å²) in [6, 6.07) is 20.4. The van der Waals surface area contributed by atoms with Crippen LogP contribution in [-0.2, 0) is 22.6 Å². The zero-order valence-corrected chi connectivity index (χ0v) is 24.1. The fraction of sp³-hybridized carbons (Fsp3) is 0.375. The van der Waals surface area contributed by atoms with Gasteiger partial charge in [0.05, 0.1) is 10.0 Å². The first-order valence-corrected chi connectivity index (χ1v) is 14.3. The Labute approximate surface area is 241 Å². The maximum atomic E-state index is 13.9. The van der Waals surface area contributed by atoms with E-state index in [2.05, 4.69) is 5.32 Å². The van der Waals surface area contributed by atoms with Gasteiger partial charge >= 0.3 is 0 Å². The van der Waals surface area contributed by atoms with Gasteiger partial charge in [0.2, 0.25) is 5.91 Å². The fourth-order valence-corrected chi connectivity index (χ4v) is 5.34. The SMILES string of the molecule is Cc1ccc(C)c(OCC(=O)N(Cc2ccc(Cl)c(Cl)c2)[C@@H](Cc2ccccc2)C(=O)NC2CCCCC2)c1. The van der Waals surface area contributed by atoms with Crippen molar-refractivity contribution >= 4 is 35.0 Å². The molecule has 5 nitrogen and oxygen atoms in total. The molecule has 0 unspecified atom stereocenters. The van der Waals surface area contributed by atoms with E-state index >= 15 is 0 Å². The van der Waals surface area contributed by atoms with Crippen molar-refractivity contribution in [2.24, 2.45) is 0 Å². The number of carbonyl (C=O) groups is 2. The minimum atomic E-state index is -0.724. The van der Waals surface area contributed by atoms with E-state index in [4.69, 9.17) is 27.9 Å². The van der Waals surface area contributed by atoms with Crippen molar-refractivity contribution in [3.8, 4) is 5.75 Å². The lowest BCUT2D eigenvalue weighted by Crippen LogP contribution is -2.53. The van der Waals surface area contributed by atoms with E-state index < -0.39 is 6.04 Å². The highest BCUT2D eigenvalue weighted by atomic mass is 35.5. The quantitative estimate of drug-likeness (QED) is 0.285. The van der Waals surface area contributed by atoms with Crippen LogP contribution in [0.25, 0.3) is 0 Å². The lowest BCUT2D eigenvalue weighted by atomic mass is 9.94. The molecule has 4 rings (SSSR count). The maximum Gasteiger partial charge on any atom is 0.261 e. The maximum absolute atomic E-state index is 13.9. The third kappa shape index (κ3) is 8.23. The van der Waals surface area contributed by atoms with E-state index in [1.54, 1.807) is 17.0 Å². The number of hydrogen-bond donors (Lipinski definition) is 1. The molecule has 0 spiro atoms. The molecule has 206 valence electrons. The first kappa shape index (κ1) is 29.0. The normalized spacial score (nSPS) is 14.5. The molecule has 3 aromatic carbocycles. The van der Waals surface area contributed by atoms with Gasteiger partial charge in [-0.25, -0.2) is 0 Å². The second-order valence-corrected chi connectivity index (χ2v) is 11.2. The van der Waals surface area contributed by atoms with Gasteiger partial charge in [0.1, 0.15) is 11.8 Å².